The van der Waals surface area contributed by atoms with Gasteiger partial charge in [-0.15, -0.1) is 0 Å². The number of likely N-dealkylation sites (tertiary alicyclic amines) is 1. The number of carbonyl (C=O) groups is 1. The Balaban J connectivity index is 2.21. The summed E-state index contributed by atoms with van der Waals surface area (Å²) in [6.07, 6.45) is 2.26. The predicted molar refractivity (Wildman–Crippen MR) is 82.7 cm³/mol. The molecule has 1 aromatic carbocycles. The van der Waals surface area contributed by atoms with Crippen LogP contribution in [0.2, 0.25) is 0 Å². The van der Waals surface area contributed by atoms with Gasteiger partial charge in [0.05, 0.1) is 5.56 Å². The van der Waals surface area contributed by atoms with Crippen molar-refractivity contribution in [3.63, 3.8) is 0 Å². The van der Waals surface area contributed by atoms with Gasteiger partial charge in [-0.25, -0.2) is 13.2 Å². The maximum Gasteiger partial charge on any atom is 0.257 e. The maximum absolute atomic E-state index is 13.9. The Bertz CT molecular complexity index is 571. The summed E-state index contributed by atoms with van der Waals surface area (Å²) in [6.45, 7) is 6.60. The monoisotopic (exact) mass is 328 g/mol. The lowest BCUT2D eigenvalue weighted by molar-refractivity contribution is 0.0635. The van der Waals surface area contributed by atoms with Gasteiger partial charge in [-0.05, 0) is 37.9 Å². The lowest BCUT2D eigenvalue weighted by atomic mass is 10.0. The summed E-state index contributed by atoms with van der Waals surface area (Å²) < 4.78 is 40.6. The van der Waals surface area contributed by atoms with Gasteiger partial charge in [-0.1, -0.05) is 13.8 Å². The summed E-state index contributed by atoms with van der Waals surface area (Å²) in [5.41, 5.74) is -0.558. The van der Waals surface area contributed by atoms with Crippen LogP contribution in [-0.2, 0) is 0 Å². The first-order chi connectivity index (χ1) is 10.8. The molecule has 0 saturated carbocycles. The highest BCUT2D eigenvalue weighted by Gasteiger charge is 2.29. The van der Waals surface area contributed by atoms with E-state index in [9.17, 15) is 18.0 Å². The second-order valence-corrected chi connectivity index (χ2v) is 6.48. The molecule has 3 nitrogen and oxygen atoms in total. The van der Waals surface area contributed by atoms with Crippen LogP contribution in [-0.4, -0.2) is 48.4 Å². The number of hydrogen-bond acceptors (Lipinski definition) is 2. The number of amides is 1. The van der Waals surface area contributed by atoms with E-state index in [1.165, 1.54) is 4.90 Å². The highest BCUT2D eigenvalue weighted by atomic mass is 19.2. The van der Waals surface area contributed by atoms with E-state index in [2.05, 4.69) is 4.90 Å². The topological polar surface area (TPSA) is 23.6 Å². The molecule has 1 saturated heterocycles. The Labute approximate surface area is 135 Å². The van der Waals surface area contributed by atoms with Crippen molar-refractivity contribution >= 4 is 5.91 Å². The largest absolute Gasteiger partial charge is 0.337 e. The number of rotatable bonds is 5. The number of halogens is 3. The molecule has 1 unspecified atom stereocenters. The molecule has 0 bridgehead atoms. The van der Waals surface area contributed by atoms with Crippen LogP contribution < -0.4 is 0 Å². The molecule has 6 heteroatoms. The van der Waals surface area contributed by atoms with Gasteiger partial charge in [-0.3, -0.25) is 4.79 Å². The molecule has 1 aromatic rings. The van der Waals surface area contributed by atoms with Crippen LogP contribution in [0.4, 0.5) is 13.2 Å². The average molecular weight is 328 g/mol. The highest BCUT2D eigenvalue weighted by molar-refractivity contribution is 5.94. The molecule has 1 atom stereocenters. The van der Waals surface area contributed by atoms with E-state index in [0.29, 0.717) is 12.6 Å². The standard InChI is InChI=1S/C17H23F3N2O/c1-11(2)15(10-22-6-4-5-7-22)21(3)17(23)13-8-12(18)9-14(19)16(13)20/h8-9,11,15H,4-7,10H2,1-3H3. The van der Waals surface area contributed by atoms with Crippen LogP contribution in [0.5, 0.6) is 0 Å². The maximum atomic E-state index is 13.9. The first-order valence-electron chi connectivity index (χ1n) is 7.95. The van der Waals surface area contributed by atoms with E-state index in [1.807, 2.05) is 13.8 Å². The predicted octanol–water partition coefficient (Wildman–Crippen LogP) is 3.30. The Morgan fingerprint density at radius 1 is 1.22 bits per heavy atom. The van der Waals surface area contributed by atoms with Crippen molar-refractivity contribution in [2.45, 2.75) is 32.7 Å². The molecule has 0 radical (unpaired) electrons. The van der Waals surface area contributed by atoms with Gasteiger partial charge in [0.1, 0.15) is 5.82 Å². The SMILES string of the molecule is CC(C)C(CN1CCCC1)N(C)C(=O)c1cc(F)cc(F)c1F. The van der Waals surface area contributed by atoms with E-state index in [1.54, 1.807) is 7.05 Å². The summed E-state index contributed by atoms with van der Waals surface area (Å²) in [6, 6.07) is 1.05. The zero-order chi connectivity index (χ0) is 17.1. The fourth-order valence-electron chi connectivity index (χ4n) is 3.06. The molecule has 0 aromatic heterocycles. The van der Waals surface area contributed by atoms with Crippen LogP contribution in [0.1, 0.15) is 37.0 Å². The fraction of sp³-hybridized carbons (Fsp3) is 0.588. The number of nitrogens with zero attached hydrogens (tertiary/aromatic N) is 2. The van der Waals surface area contributed by atoms with Crippen molar-refractivity contribution in [1.29, 1.82) is 0 Å². The van der Waals surface area contributed by atoms with Gasteiger partial charge in [-0.2, -0.15) is 0 Å². The van der Waals surface area contributed by atoms with Gasteiger partial charge < -0.3 is 9.80 Å². The minimum Gasteiger partial charge on any atom is -0.337 e. The van der Waals surface area contributed by atoms with E-state index >= 15 is 0 Å². The molecule has 1 aliphatic rings. The molecule has 1 heterocycles. The molecular formula is C17H23F3N2O. The number of hydrogen-bond donors (Lipinski definition) is 0. The summed E-state index contributed by atoms with van der Waals surface area (Å²) in [7, 11) is 1.56. The third kappa shape index (κ3) is 4.05. The van der Waals surface area contributed by atoms with Crippen LogP contribution in [0.15, 0.2) is 12.1 Å². The lowest BCUT2D eigenvalue weighted by Gasteiger charge is -2.34. The smallest absolute Gasteiger partial charge is 0.257 e. The number of benzene rings is 1. The third-order valence-corrected chi connectivity index (χ3v) is 4.45. The molecule has 1 amide bonds. The third-order valence-electron chi connectivity index (χ3n) is 4.45. The van der Waals surface area contributed by atoms with Crippen molar-refractivity contribution in [3.05, 3.63) is 35.1 Å². The highest BCUT2D eigenvalue weighted by Crippen LogP contribution is 2.20. The molecule has 23 heavy (non-hydrogen) atoms. The number of likely N-dealkylation sites (N-methyl/N-ethyl adjacent to an activating group) is 1. The zero-order valence-corrected chi connectivity index (χ0v) is 13.8. The average Bonchev–Trinajstić information content (AvgIpc) is 3.00. The van der Waals surface area contributed by atoms with E-state index in [4.69, 9.17) is 0 Å². The van der Waals surface area contributed by atoms with Gasteiger partial charge in [0.25, 0.3) is 5.91 Å². The first-order valence-corrected chi connectivity index (χ1v) is 7.95. The van der Waals surface area contributed by atoms with E-state index in [0.717, 1.165) is 32.0 Å². The van der Waals surface area contributed by atoms with Crippen molar-refractivity contribution in [2.75, 3.05) is 26.7 Å². The van der Waals surface area contributed by atoms with Crippen LogP contribution in [0.25, 0.3) is 0 Å². The summed E-state index contributed by atoms with van der Waals surface area (Å²) in [5.74, 6) is -4.15. The number of carbonyl (C=O) groups excluding carboxylic acids is 1. The van der Waals surface area contributed by atoms with Gasteiger partial charge in [0.15, 0.2) is 11.6 Å². The van der Waals surface area contributed by atoms with Crippen LogP contribution in [0.3, 0.4) is 0 Å². The second-order valence-electron chi connectivity index (χ2n) is 6.48. The molecule has 1 aliphatic heterocycles. The van der Waals surface area contributed by atoms with Crippen molar-refractivity contribution in [3.8, 4) is 0 Å². The minimum absolute atomic E-state index is 0.144. The molecule has 0 N–H and O–H groups in total. The van der Waals surface area contributed by atoms with Crippen LogP contribution in [0, 0.1) is 23.4 Å². The second kappa shape index (κ2) is 7.34. The molecule has 0 spiro atoms. The molecule has 2 rings (SSSR count). The summed E-state index contributed by atoms with van der Waals surface area (Å²) >= 11 is 0. The Morgan fingerprint density at radius 2 is 1.83 bits per heavy atom. The fourth-order valence-corrected chi connectivity index (χ4v) is 3.06. The van der Waals surface area contributed by atoms with Crippen molar-refractivity contribution in [1.82, 2.24) is 9.80 Å². The Kier molecular flexibility index (Phi) is 5.68. The van der Waals surface area contributed by atoms with Gasteiger partial charge >= 0.3 is 0 Å². The molecule has 1 fully saturated rings. The minimum atomic E-state index is -1.35. The van der Waals surface area contributed by atoms with Crippen LogP contribution >= 0.6 is 0 Å². The molecule has 0 aliphatic carbocycles. The normalized spacial score (nSPS) is 16.8. The van der Waals surface area contributed by atoms with E-state index in [-0.39, 0.29) is 12.0 Å². The van der Waals surface area contributed by atoms with Gasteiger partial charge in [0, 0.05) is 25.7 Å². The van der Waals surface area contributed by atoms with E-state index < -0.39 is 28.9 Å². The lowest BCUT2D eigenvalue weighted by Crippen LogP contribution is -2.47. The Morgan fingerprint density at radius 3 is 2.39 bits per heavy atom. The van der Waals surface area contributed by atoms with Crippen molar-refractivity contribution in [2.24, 2.45) is 5.92 Å². The summed E-state index contributed by atoms with van der Waals surface area (Å²) in [4.78, 5) is 16.2. The molecular weight excluding hydrogens is 305 g/mol. The molecule has 128 valence electrons. The van der Waals surface area contributed by atoms with Gasteiger partial charge in [0.2, 0.25) is 0 Å². The summed E-state index contributed by atoms with van der Waals surface area (Å²) in [5, 5.41) is 0. The first kappa shape index (κ1) is 17.8. The Hall–Kier alpha value is -1.56. The zero-order valence-electron chi connectivity index (χ0n) is 13.8. The quantitative estimate of drug-likeness (QED) is 0.774. The van der Waals surface area contributed by atoms with Crippen molar-refractivity contribution < 1.29 is 18.0 Å².